The fourth-order valence-corrected chi connectivity index (χ4v) is 4.43. The molecule has 0 spiro atoms. The number of para-hydroxylation sites is 1. The molecule has 0 unspecified atom stereocenters. The zero-order valence-electron chi connectivity index (χ0n) is 21.2. The molecule has 0 amide bonds. The molecule has 0 aliphatic carbocycles. The van der Waals surface area contributed by atoms with E-state index >= 15 is 0 Å². The molecule has 2 N–H and O–H groups in total. The third-order valence-electron chi connectivity index (χ3n) is 4.96. The molecular formula is C24H29N7O5S. The highest BCUT2D eigenvalue weighted by molar-refractivity contribution is 7.92. The van der Waals surface area contributed by atoms with E-state index in [4.69, 9.17) is 9.47 Å². The number of aliphatic hydroxyl groups is 1. The molecule has 37 heavy (non-hydrogen) atoms. The number of nitrogens with one attached hydrogen (secondary N) is 1. The van der Waals surface area contributed by atoms with Gasteiger partial charge in [0.1, 0.15) is 29.0 Å². The Balaban J connectivity index is 2.12. The second kappa shape index (κ2) is 11.8. The number of hydrogen-bond acceptors (Lipinski definition) is 9. The van der Waals surface area contributed by atoms with Crippen molar-refractivity contribution < 1.29 is 23.0 Å². The van der Waals surface area contributed by atoms with Crippen molar-refractivity contribution in [2.75, 3.05) is 24.7 Å². The van der Waals surface area contributed by atoms with E-state index < -0.39 is 21.9 Å². The summed E-state index contributed by atoms with van der Waals surface area (Å²) in [5.41, 5.74) is 2.65. The molecule has 2 aromatic heterocycles. The van der Waals surface area contributed by atoms with E-state index in [0.717, 1.165) is 11.1 Å². The summed E-state index contributed by atoms with van der Waals surface area (Å²) in [6.45, 7) is 8.84. The van der Waals surface area contributed by atoms with Crippen LogP contribution >= 0.6 is 0 Å². The van der Waals surface area contributed by atoms with Gasteiger partial charge in [-0.15, -0.1) is 10.2 Å². The molecule has 0 fully saturated rings. The van der Waals surface area contributed by atoms with Crippen LogP contribution in [0.3, 0.4) is 0 Å². The van der Waals surface area contributed by atoms with E-state index in [-0.39, 0.29) is 17.6 Å². The Morgan fingerprint density at radius 2 is 1.89 bits per heavy atom. The molecule has 12 nitrogen and oxygen atoms in total. The summed E-state index contributed by atoms with van der Waals surface area (Å²) in [4.78, 5) is 11.9. The predicted molar refractivity (Wildman–Crippen MR) is 142 cm³/mol. The third kappa shape index (κ3) is 6.57. The molecule has 1 aromatic carbocycles. The molecule has 3 aromatic rings. The second-order valence-electron chi connectivity index (χ2n) is 8.20. The van der Waals surface area contributed by atoms with Crippen LogP contribution in [0.25, 0.3) is 17.1 Å². The molecule has 13 heteroatoms. The standard InChI is InChI=1S/C24H29N7O5S/c1-15(2)11-27-22(25-4)18(32)14-37(33,34)30-24-29-28-23(17-10-16(3)12-26-13-17)31(24)21-19(35-5)8-7-9-20(21)36-6/h7-13,18,32H,4,14H2,1-3,5-6H3,(H,29,30)/b27-22-/t18-/m0/s1. The van der Waals surface area contributed by atoms with Gasteiger partial charge in [-0.2, -0.15) is 0 Å². The molecular weight excluding hydrogens is 498 g/mol. The number of amidine groups is 1. The lowest BCUT2D eigenvalue weighted by molar-refractivity contribution is 0.263. The van der Waals surface area contributed by atoms with Gasteiger partial charge in [0, 0.05) is 24.2 Å². The number of hydrogen-bond donors (Lipinski definition) is 2. The number of anilines is 1. The van der Waals surface area contributed by atoms with Crippen molar-refractivity contribution in [1.82, 2.24) is 19.7 Å². The van der Waals surface area contributed by atoms with Crippen LogP contribution in [0.15, 0.2) is 58.4 Å². The first-order valence-corrected chi connectivity index (χ1v) is 12.7. The van der Waals surface area contributed by atoms with E-state index in [9.17, 15) is 13.5 Å². The highest BCUT2D eigenvalue weighted by atomic mass is 32.2. The maximum atomic E-state index is 13.1. The highest BCUT2D eigenvalue weighted by Gasteiger charge is 2.27. The van der Waals surface area contributed by atoms with E-state index in [2.05, 4.69) is 36.6 Å². The van der Waals surface area contributed by atoms with Crippen molar-refractivity contribution in [1.29, 1.82) is 0 Å². The Hall–Kier alpha value is -4.10. The maximum absolute atomic E-state index is 13.1. The van der Waals surface area contributed by atoms with Crippen LogP contribution in [0, 0.1) is 6.92 Å². The fourth-order valence-electron chi connectivity index (χ4n) is 3.37. The first-order valence-electron chi connectivity index (χ1n) is 11.0. The Morgan fingerprint density at radius 1 is 1.22 bits per heavy atom. The molecule has 0 aliphatic rings. The Morgan fingerprint density at radius 3 is 2.46 bits per heavy atom. The molecule has 2 heterocycles. The van der Waals surface area contributed by atoms with Gasteiger partial charge in [0.25, 0.3) is 0 Å². The van der Waals surface area contributed by atoms with Crippen LogP contribution in [0.4, 0.5) is 5.95 Å². The van der Waals surface area contributed by atoms with Gasteiger partial charge in [0.05, 0.1) is 14.2 Å². The van der Waals surface area contributed by atoms with Crippen LogP contribution in [0.1, 0.15) is 19.4 Å². The molecule has 196 valence electrons. The zero-order chi connectivity index (χ0) is 27.2. The SMILES string of the molecule is C=N/C(=N\C=C(C)C)[C@@H](O)CS(=O)(=O)Nc1nnc(-c2cncc(C)c2)n1-c1c(OC)cccc1OC. The zero-order valence-corrected chi connectivity index (χ0v) is 22.0. The number of aliphatic hydroxyl groups excluding tert-OH is 1. The van der Waals surface area contributed by atoms with E-state index in [0.29, 0.717) is 22.7 Å². The Labute approximate surface area is 215 Å². The number of rotatable bonds is 10. The summed E-state index contributed by atoms with van der Waals surface area (Å²) >= 11 is 0. The number of pyridine rings is 1. The van der Waals surface area contributed by atoms with Gasteiger partial charge in [-0.25, -0.2) is 18.4 Å². The monoisotopic (exact) mass is 527 g/mol. The maximum Gasteiger partial charge on any atom is 0.243 e. The van der Waals surface area contributed by atoms with Gasteiger partial charge >= 0.3 is 0 Å². The van der Waals surface area contributed by atoms with Gasteiger partial charge < -0.3 is 14.6 Å². The van der Waals surface area contributed by atoms with Crippen LogP contribution in [-0.2, 0) is 10.0 Å². The summed E-state index contributed by atoms with van der Waals surface area (Å²) in [6, 6.07) is 6.95. The normalized spacial score (nSPS) is 12.5. The predicted octanol–water partition coefficient (Wildman–Crippen LogP) is 2.78. The molecule has 0 aliphatic heterocycles. The number of methoxy groups -OCH3 is 2. The number of benzene rings is 1. The number of sulfonamides is 1. The molecule has 0 saturated carbocycles. The van der Waals surface area contributed by atoms with Crippen LogP contribution in [0.2, 0.25) is 0 Å². The smallest absolute Gasteiger partial charge is 0.243 e. The average Bonchev–Trinajstić information content (AvgIpc) is 3.25. The average molecular weight is 528 g/mol. The molecule has 1 atom stereocenters. The van der Waals surface area contributed by atoms with Crippen molar-refractivity contribution in [3.05, 3.63) is 54.0 Å². The molecule has 0 bridgehead atoms. The lowest BCUT2D eigenvalue weighted by Crippen LogP contribution is -2.32. The van der Waals surface area contributed by atoms with Crippen molar-refractivity contribution in [3.63, 3.8) is 0 Å². The van der Waals surface area contributed by atoms with Crippen molar-refractivity contribution in [2.45, 2.75) is 26.9 Å². The lowest BCUT2D eigenvalue weighted by atomic mass is 10.2. The minimum atomic E-state index is -4.18. The summed E-state index contributed by atoms with van der Waals surface area (Å²) in [5, 5.41) is 18.8. The number of aromatic nitrogens is 4. The first-order chi connectivity index (χ1) is 17.6. The summed E-state index contributed by atoms with van der Waals surface area (Å²) in [5.74, 6) is 0.0169. The number of aryl methyl sites for hydroxylation is 1. The van der Waals surface area contributed by atoms with Gasteiger partial charge in [-0.1, -0.05) is 11.6 Å². The van der Waals surface area contributed by atoms with Crippen molar-refractivity contribution >= 4 is 28.5 Å². The van der Waals surface area contributed by atoms with Gasteiger partial charge in [-0.05, 0) is 51.3 Å². The second-order valence-corrected chi connectivity index (χ2v) is 9.96. The summed E-state index contributed by atoms with van der Waals surface area (Å²) < 4.78 is 41.1. The minimum Gasteiger partial charge on any atom is -0.494 e. The molecule has 0 saturated heterocycles. The van der Waals surface area contributed by atoms with Gasteiger partial charge in [-0.3, -0.25) is 14.3 Å². The quantitative estimate of drug-likeness (QED) is 0.301. The summed E-state index contributed by atoms with van der Waals surface area (Å²) in [7, 11) is -1.23. The topological polar surface area (TPSA) is 153 Å². The third-order valence-corrected chi connectivity index (χ3v) is 6.21. The van der Waals surface area contributed by atoms with Crippen LogP contribution < -0.4 is 14.2 Å². The van der Waals surface area contributed by atoms with E-state index in [1.807, 2.05) is 13.0 Å². The Bertz CT molecular complexity index is 1420. The van der Waals surface area contributed by atoms with Gasteiger partial charge in [0.15, 0.2) is 11.7 Å². The number of aliphatic imine (C=N–C) groups is 2. The number of allylic oxidation sites excluding steroid dienone is 1. The molecule has 3 rings (SSSR count). The minimum absolute atomic E-state index is 0.133. The van der Waals surface area contributed by atoms with Crippen molar-refractivity contribution in [2.24, 2.45) is 9.98 Å². The van der Waals surface area contributed by atoms with Crippen LogP contribution in [0.5, 0.6) is 11.5 Å². The van der Waals surface area contributed by atoms with Crippen LogP contribution in [-0.4, -0.2) is 71.9 Å². The summed E-state index contributed by atoms with van der Waals surface area (Å²) in [6.07, 6.45) is 3.18. The largest absolute Gasteiger partial charge is 0.494 e. The fraction of sp³-hybridized carbons (Fsp3) is 0.292. The first kappa shape index (κ1) is 27.5. The van der Waals surface area contributed by atoms with E-state index in [1.165, 1.54) is 25.0 Å². The van der Waals surface area contributed by atoms with Crippen molar-refractivity contribution in [3.8, 4) is 28.6 Å². The molecule has 0 radical (unpaired) electrons. The van der Waals surface area contributed by atoms with Gasteiger partial charge in [0.2, 0.25) is 16.0 Å². The van der Waals surface area contributed by atoms with E-state index in [1.54, 1.807) is 44.4 Å². The Kier molecular flexibility index (Phi) is 8.73. The number of ether oxygens (including phenoxy) is 2. The lowest BCUT2D eigenvalue weighted by Gasteiger charge is -2.18. The number of nitrogens with zero attached hydrogens (tertiary/aromatic N) is 6. The highest BCUT2D eigenvalue weighted by Crippen LogP contribution is 2.37.